The zero-order chi connectivity index (χ0) is 10.6. The van der Waals surface area contributed by atoms with Crippen molar-refractivity contribution in [3.63, 3.8) is 0 Å². The second kappa shape index (κ2) is 4.72. The Morgan fingerprint density at radius 1 is 1.57 bits per heavy atom. The van der Waals surface area contributed by atoms with E-state index in [0.29, 0.717) is 17.0 Å². The first-order valence-electron chi connectivity index (χ1n) is 4.05. The maximum absolute atomic E-state index is 10.7. The van der Waals surface area contributed by atoms with Gasteiger partial charge < -0.3 is 10.8 Å². The minimum Gasteiger partial charge on any atom is -0.478 e. The van der Waals surface area contributed by atoms with Gasteiger partial charge in [0.1, 0.15) is 0 Å². The van der Waals surface area contributed by atoms with Gasteiger partial charge in [0.25, 0.3) is 0 Å². The Balaban J connectivity index is 3.08. The van der Waals surface area contributed by atoms with Crippen LogP contribution in [0.4, 0.5) is 5.69 Å². The van der Waals surface area contributed by atoms with Crippen molar-refractivity contribution >= 4 is 30.4 Å². The largest absolute Gasteiger partial charge is 0.478 e. The van der Waals surface area contributed by atoms with E-state index in [-0.39, 0.29) is 5.56 Å². The van der Waals surface area contributed by atoms with Gasteiger partial charge in [0.15, 0.2) is 0 Å². The number of carboxylic acids is 1. The van der Waals surface area contributed by atoms with Crippen LogP contribution in [-0.4, -0.2) is 16.8 Å². The zero-order valence-corrected chi connectivity index (χ0v) is 8.37. The average molecular weight is 209 g/mol. The van der Waals surface area contributed by atoms with Gasteiger partial charge in [-0.1, -0.05) is 12.2 Å². The highest BCUT2D eigenvalue weighted by molar-refractivity contribution is 7.80. The highest BCUT2D eigenvalue weighted by Crippen LogP contribution is 2.15. The van der Waals surface area contributed by atoms with Crippen LogP contribution in [0.3, 0.4) is 0 Å². The molecule has 3 nitrogen and oxygen atoms in total. The molecule has 14 heavy (non-hydrogen) atoms. The molecular formula is C10H11NO2S. The highest BCUT2D eigenvalue weighted by Gasteiger charge is 2.04. The molecule has 1 aromatic carbocycles. The van der Waals surface area contributed by atoms with Gasteiger partial charge in [-0.3, -0.25) is 0 Å². The number of anilines is 1. The summed E-state index contributed by atoms with van der Waals surface area (Å²) in [6, 6.07) is 4.61. The molecule has 0 saturated heterocycles. The number of benzene rings is 1. The smallest absolute Gasteiger partial charge is 0.335 e. The summed E-state index contributed by atoms with van der Waals surface area (Å²) in [5, 5.41) is 8.75. The fraction of sp³-hybridized carbons (Fsp3) is 0.100. The molecule has 74 valence electrons. The second-order valence-corrected chi connectivity index (χ2v) is 3.10. The molecule has 0 aliphatic carbocycles. The Hall–Kier alpha value is -1.42. The molecule has 0 fully saturated rings. The van der Waals surface area contributed by atoms with Crippen LogP contribution in [0.2, 0.25) is 0 Å². The molecule has 0 saturated carbocycles. The SMILES string of the molecule is Nc1ccc(C(=O)O)cc1C=CCS. The molecule has 0 radical (unpaired) electrons. The lowest BCUT2D eigenvalue weighted by molar-refractivity contribution is 0.0697. The van der Waals surface area contributed by atoms with E-state index < -0.39 is 5.97 Å². The first kappa shape index (κ1) is 10.7. The topological polar surface area (TPSA) is 63.3 Å². The molecule has 4 heteroatoms. The fourth-order valence-electron chi connectivity index (χ4n) is 1.03. The maximum atomic E-state index is 10.7. The lowest BCUT2D eigenvalue weighted by Crippen LogP contribution is -1.98. The molecule has 1 rings (SSSR count). The van der Waals surface area contributed by atoms with Crippen molar-refractivity contribution in [1.29, 1.82) is 0 Å². The summed E-state index contributed by atoms with van der Waals surface area (Å²) in [5.41, 5.74) is 7.17. The van der Waals surface area contributed by atoms with Gasteiger partial charge in [-0.2, -0.15) is 12.6 Å². The van der Waals surface area contributed by atoms with Crippen LogP contribution >= 0.6 is 12.6 Å². The van der Waals surface area contributed by atoms with Crippen LogP contribution < -0.4 is 5.73 Å². The van der Waals surface area contributed by atoms with Crippen LogP contribution in [0.5, 0.6) is 0 Å². The average Bonchev–Trinajstić information content (AvgIpc) is 2.16. The molecule has 1 aromatic rings. The van der Waals surface area contributed by atoms with E-state index in [1.54, 1.807) is 18.2 Å². The number of aromatic carboxylic acids is 1. The van der Waals surface area contributed by atoms with Crippen molar-refractivity contribution in [2.45, 2.75) is 0 Å². The van der Waals surface area contributed by atoms with E-state index in [1.165, 1.54) is 12.1 Å². The summed E-state index contributed by atoms with van der Waals surface area (Å²) >= 11 is 4.01. The number of carbonyl (C=O) groups is 1. The number of thiol groups is 1. The molecule has 0 amide bonds. The molecule has 0 aromatic heterocycles. The Bertz CT molecular complexity index is 374. The number of hydrogen-bond acceptors (Lipinski definition) is 3. The van der Waals surface area contributed by atoms with Crippen molar-refractivity contribution in [3.05, 3.63) is 35.4 Å². The molecule has 0 atom stereocenters. The van der Waals surface area contributed by atoms with E-state index in [4.69, 9.17) is 10.8 Å². The number of nitrogens with two attached hydrogens (primary N) is 1. The minimum atomic E-state index is -0.953. The van der Waals surface area contributed by atoms with Crippen molar-refractivity contribution in [1.82, 2.24) is 0 Å². The van der Waals surface area contributed by atoms with Gasteiger partial charge in [-0.15, -0.1) is 0 Å². The van der Waals surface area contributed by atoms with Gasteiger partial charge in [0.05, 0.1) is 5.56 Å². The van der Waals surface area contributed by atoms with E-state index in [9.17, 15) is 4.79 Å². The van der Waals surface area contributed by atoms with E-state index in [2.05, 4.69) is 12.6 Å². The second-order valence-electron chi connectivity index (χ2n) is 2.73. The van der Waals surface area contributed by atoms with Crippen molar-refractivity contribution in [3.8, 4) is 0 Å². The lowest BCUT2D eigenvalue weighted by Gasteiger charge is -2.01. The summed E-state index contributed by atoms with van der Waals surface area (Å²) in [5.74, 6) is -0.359. The summed E-state index contributed by atoms with van der Waals surface area (Å²) in [6.07, 6.45) is 3.56. The van der Waals surface area contributed by atoms with E-state index >= 15 is 0 Å². The van der Waals surface area contributed by atoms with Gasteiger partial charge in [-0.05, 0) is 23.8 Å². The lowest BCUT2D eigenvalue weighted by atomic mass is 10.1. The zero-order valence-electron chi connectivity index (χ0n) is 7.47. The third-order valence-electron chi connectivity index (χ3n) is 1.74. The summed E-state index contributed by atoms with van der Waals surface area (Å²) in [6.45, 7) is 0. The molecule has 0 unspecified atom stereocenters. The van der Waals surface area contributed by atoms with Gasteiger partial charge >= 0.3 is 5.97 Å². The Kier molecular flexibility index (Phi) is 3.59. The molecular weight excluding hydrogens is 198 g/mol. The van der Waals surface area contributed by atoms with Crippen molar-refractivity contribution in [2.75, 3.05) is 11.5 Å². The van der Waals surface area contributed by atoms with Crippen LogP contribution in [0, 0.1) is 0 Å². The summed E-state index contributed by atoms with van der Waals surface area (Å²) < 4.78 is 0. The molecule has 0 aliphatic rings. The van der Waals surface area contributed by atoms with Gasteiger partial charge in [0.2, 0.25) is 0 Å². The maximum Gasteiger partial charge on any atom is 0.335 e. The fourth-order valence-corrected chi connectivity index (χ4v) is 1.14. The van der Waals surface area contributed by atoms with Crippen molar-refractivity contribution < 1.29 is 9.90 Å². The third kappa shape index (κ3) is 2.53. The van der Waals surface area contributed by atoms with Crippen LogP contribution in [0.25, 0.3) is 6.08 Å². The summed E-state index contributed by atoms with van der Waals surface area (Å²) in [7, 11) is 0. The quantitative estimate of drug-likeness (QED) is 0.526. The van der Waals surface area contributed by atoms with Crippen LogP contribution in [0.1, 0.15) is 15.9 Å². The van der Waals surface area contributed by atoms with Crippen LogP contribution in [0.15, 0.2) is 24.3 Å². The summed E-state index contributed by atoms with van der Waals surface area (Å²) in [4.78, 5) is 10.7. The molecule has 0 spiro atoms. The Morgan fingerprint density at radius 2 is 2.29 bits per heavy atom. The van der Waals surface area contributed by atoms with Gasteiger partial charge in [-0.25, -0.2) is 4.79 Å². The number of carboxylic acid groups (broad SMARTS) is 1. The number of rotatable bonds is 3. The highest BCUT2D eigenvalue weighted by atomic mass is 32.1. The molecule has 0 bridgehead atoms. The number of hydrogen-bond donors (Lipinski definition) is 3. The third-order valence-corrected chi connectivity index (χ3v) is 1.95. The first-order chi connectivity index (χ1) is 6.65. The predicted octanol–water partition coefficient (Wildman–Crippen LogP) is 1.91. The predicted molar refractivity (Wildman–Crippen MR) is 60.7 cm³/mol. The molecule has 0 heterocycles. The Morgan fingerprint density at radius 3 is 2.86 bits per heavy atom. The first-order valence-corrected chi connectivity index (χ1v) is 4.68. The molecule has 0 aliphatic heterocycles. The molecule has 3 N–H and O–H groups in total. The normalized spacial score (nSPS) is 10.6. The van der Waals surface area contributed by atoms with Crippen LogP contribution in [-0.2, 0) is 0 Å². The monoisotopic (exact) mass is 209 g/mol. The van der Waals surface area contributed by atoms with Crippen molar-refractivity contribution in [2.24, 2.45) is 0 Å². The Labute approximate surface area is 87.7 Å². The van der Waals surface area contributed by atoms with E-state index in [1.807, 2.05) is 0 Å². The standard InChI is InChI=1S/C10H11NO2S/c11-9-4-3-8(10(12)13)6-7(9)2-1-5-14/h1-4,6,14H,5,11H2,(H,12,13). The van der Waals surface area contributed by atoms with Gasteiger partial charge in [0, 0.05) is 11.4 Å². The number of nitrogen functional groups attached to an aromatic ring is 1. The minimum absolute atomic E-state index is 0.234. The van der Waals surface area contributed by atoms with E-state index in [0.717, 1.165) is 0 Å².